The van der Waals surface area contributed by atoms with Crippen LogP contribution in [0.5, 0.6) is 5.75 Å². The Hall–Kier alpha value is -3.62. The fourth-order valence-corrected chi connectivity index (χ4v) is 2.46. The van der Waals surface area contributed by atoms with Crippen molar-refractivity contribution in [3.63, 3.8) is 0 Å². The first-order valence-corrected chi connectivity index (χ1v) is 7.53. The van der Waals surface area contributed by atoms with Gasteiger partial charge in [0.25, 0.3) is 5.56 Å². The van der Waals surface area contributed by atoms with Gasteiger partial charge in [0.1, 0.15) is 11.4 Å². The molecule has 0 radical (unpaired) electrons. The molecule has 27 heavy (non-hydrogen) atoms. The highest BCUT2D eigenvalue weighted by molar-refractivity contribution is 5.85. The molecule has 0 atom stereocenters. The number of alkyl halides is 3. The van der Waals surface area contributed by atoms with E-state index in [4.69, 9.17) is 5.11 Å². The highest BCUT2D eigenvalue weighted by Gasteiger charge is 2.32. The van der Waals surface area contributed by atoms with Gasteiger partial charge in [-0.1, -0.05) is 36.4 Å². The Morgan fingerprint density at radius 1 is 1.07 bits per heavy atom. The molecule has 1 aromatic heterocycles. The van der Waals surface area contributed by atoms with Gasteiger partial charge in [-0.15, -0.1) is 13.2 Å². The lowest BCUT2D eigenvalue weighted by atomic mass is 10.0. The maximum atomic E-state index is 12.6. The van der Waals surface area contributed by atoms with Crippen molar-refractivity contribution in [2.24, 2.45) is 0 Å². The van der Waals surface area contributed by atoms with Gasteiger partial charge >= 0.3 is 12.3 Å². The van der Waals surface area contributed by atoms with Crippen molar-refractivity contribution in [1.82, 2.24) is 9.97 Å². The van der Waals surface area contributed by atoms with Crippen LogP contribution in [0, 0.1) is 0 Å². The maximum Gasteiger partial charge on any atom is 0.573 e. The number of hydrogen-bond donors (Lipinski definition) is 2. The number of nitrogens with zero attached hydrogens (tertiary/aromatic N) is 1. The molecule has 0 saturated carbocycles. The molecule has 0 aliphatic heterocycles. The summed E-state index contributed by atoms with van der Waals surface area (Å²) in [5, 5.41) is 9.02. The third-order valence-electron chi connectivity index (χ3n) is 3.57. The zero-order valence-electron chi connectivity index (χ0n) is 13.4. The van der Waals surface area contributed by atoms with Gasteiger partial charge in [0.05, 0.1) is 0 Å². The second kappa shape index (κ2) is 6.94. The van der Waals surface area contributed by atoms with Gasteiger partial charge in [0.2, 0.25) is 0 Å². The normalized spacial score (nSPS) is 11.2. The fourth-order valence-electron chi connectivity index (χ4n) is 2.46. The number of carboxylic acids is 1. The van der Waals surface area contributed by atoms with Crippen LogP contribution in [-0.2, 0) is 0 Å². The lowest BCUT2D eigenvalue weighted by Crippen LogP contribution is -2.17. The number of halogens is 3. The highest BCUT2D eigenvalue weighted by atomic mass is 19.4. The van der Waals surface area contributed by atoms with Crippen molar-refractivity contribution < 1.29 is 27.8 Å². The van der Waals surface area contributed by atoms with Crippen LogP contribution in [0.2, 0.25) is 0 Å². The number of carbonyl (C=O) groups is 1. The lowest BCUT2D eigenvalue weighted by Gasteiger charge is -2.13. The first-order chi connectivity index (χ1) is 12.7. The molecular weight excluding hydrogens is 365 g/mol. The number of ether oxygens (including phenoxy) is 1. The summed E-state index contributed by atoms with van der Waals surface area (Å²) >= 11 is 0. The number of hydrogen-bond acceptors (Lipinski definition) is 4. The number of aromatic nitrogens is 2. The monoisotopic (exact) mass is 376 g/mol. The number of rotatable bonds is 4. The maximum absolute atomic E-state index is 12.6. The molecule has 0 fully saturated rings. The molecule has 1 heterocycles. The van der Waals surface area contributed by atoms with Crippen molar-refractivity contribution in [3.8, 4) is 28.1 Å². The summed E-state index contributed by atoms with van der Waals surface area (Å²) in [5.41, 5.74) is -0.408. The van der Waals surface area contributed by atoms with Gasteiger partial charge in [-0.2, -0.15) is 0 Å². The van der Waals surface area contributed by atoms with E-state index in [0.29, 0.717) is 5.56 Å². The Bertz CT molecular complexity index is 1060. The molecule has 0 bridgehead atoms. The quantitative estimate of drug-likeness (QED) is 0.724. The van der Waals surface area contributed by atoms with E-state index in [1.807, 2.05) is 0 Å². The van der Waals surface area contributed by atoms with Crippen LogP contribution in [0.4, 0.5) is 13.2 Å². The highest BCUT2D eigenvalue weighted by Crippen LogP contribution is 2.34. The summed E-state index contributed by atoms with van der Waals surface area (Å²) in [5.74, 6) is -1.73. The van der Waals surface area contributed by atoms with E-state index in [-0.39, 0.29) is 22.5 Å². The molecule has 0 unspecified atom stereocenters. The molecule has 6 nitrogen and oxygen atoms in total. The Morgan fingerprint density at radius 3 is 2.48 bits per heavy atom. The van der Waals surface area contributed by atoms with Crippen molar-refractivity contribution in [3.05, 3.63) is 70.8 Å². The van der Waals surface area contributed by atoms with Crippen LogP contribution in [-0.4, -0.2) is 27.4 Å². The molecule has 138 valence electrons. The zero-order chi connectivity index (χ0) is 19.6. The van der Waals surface area contributed by atoms with Crippen LogP contribution in [0.25, 0.3) is 22.4 Å². The number of carboxylic acid groups (broad SMARTS) is 1. The molecule has 0 aliphatic carbocycles. The number of aromatic carboxylic acids is 1. The van der Waals surface area contributed by atoms with E-state index in [1.54, 1.807) is 6.07 Å². The largest absolute Gasteiger partial charge is 0.573 e. The van der Waals surface area contributed by atoms with Crippen molar-refractivity contribution in [2.75, 3.05) is 0 Å². The number of H-pyrrole nitrogens is 1. The van der Waals surface area contributed by atoms with Gasteiger partial charge in [-0.05, 0) is 17.7 Å². The first kappa shape index (κ1) is 18.2. The summed E-state index contributed by atoms with van der Waals surface area (Å²) < 4.78 is 41.9. The van der Waals surface area contributed by atoms with Gasteiger partial charge in [-0.25, -0.2) is 9.78 Å². The average molecular weight is 376 g/mol. The van der Waals surface area contributed by atoms with Crippen LogP contribution >= 0.6 is 0 Å². The zero-order valence-corrected chi connectivity index (χ0v) is 13.4. The van der Waals surface area contributed by atoms with Crippen LogP contribution in [0.1, 0.15) is 10.5 Å². The first-order valence-electron chi connectivity index (χ1n) is 7.53. The number of nitrogens with one attached hydrogen (secondary N) is 1. The van der Waals surface area contributed by atoms with Crippen molar-refractivity contribution >= 4 is 5.97 Å². The minimum Gasteiger partial charge on any atom is -0.476 e. The molecule has 0 spiro atoms. The lowest BCUT2D eigenvalue weighted by molar-refractivity contribution is -0.274. The number of para-hydroxylation sites is 1. The number of aromatic amines is 1. The molecule has 3 rings (SSSR count). The minimum absolute atomic E-state index is 0.155. The summed E-state index contributed by atoms with van der Waals surface area (Å²) in [6.07, 6.45) is -3.90. The second-order valence-electron chi connectivity index (χ2n) is 5.39. The molecule has 2 aromatic carbocycles. The van der Waals surface area contributed by atoms with E-state index in [2.05, 4.69) is 14.7 Å². The number of benzene rings is 2. The van der Waals surface area contributed by atoms with E-state index >= 15 is 0 Å². The van der Waals surface area contributed by atoms with E-state index in [0.717, 1.165) is 6.20 Å². The third kappa shape index (κ3) is 4.14. The van der Waals surface area contributed by atoms with Gasteiger partial charge < -0.3 is 14.8 Å². The second-order valence-corrected chi connectivity index (χ2v) is 5.39. The molecule has 9 heteroatoms. The van der Waals surface area contributed by atoms with Gasteiger partial charge in [-0.3, -0.25) is 4.79 Å². The molecule has 2 N–H and O–H groups in total. The molecule has 0 amide bonds. The van der Waals surface area contributed by atoms with Crippen molar-refractivity contribution in [2.45, 2.75) is 6.36 Å². The smallest absolute Gasteiger partial charge is 0.476 e. The van der Waals surface area contributed by atoms with Gasteiger partial charge in [0.15, 0.2) is 5.69 Å². The summed E-state index contributed by atoms with van der Waals surface area (Å²) in [4.78, 5) is 29.1. The van der Waals surface area contributed by atoms with Crippen molar-refractivity contribution in [1.29, 1.82) is 0 Å². The Morgan fingerprint density at radius 2 is 1.78 bits per heavy atom. The molecular formula is C18H11F3N2O4. The Kier molecular flexibility index (Phi) is 4.68. The molecule has 0 aliphatic rings. The summed E-state index contributed by atoms with van der Waals surface area (Å²) in [7, 11) is 0. The minimum atomic E-state index is -4.86. The summed E-state index contributed by atoms with van der Waals surface area (Å²) in [6, 6.07) is 11.5. The average Bonchev–Trinajstić information content (AvgIpc) is 2.61. The van der Waals surface area contributed by atoms with E-state index in [9.17, 15) is 22.8 Å². The Balaban J connectivity index is 2.10. The predicted octanol–water partition coefficient (Wildman–Crippen LogP) is 3.70. The SMILES string of the molecule is O=C(O)c1c[nH]c(=O)c(-c2cccc(-c3ccccc3OC(F)(F)F)c2)n1. The standard InChI is InChI=1S/C18H11F3N2O4/c19-18(20,21)27-14-7-2-1-6-12(14)10-4-3-5-11(8-10)15-16(24)22-9-13(23-15)17(25)26/h1-9H,(H,22,24)(H,25,26). The van der Waals surface area contributed by atoms with E-state index < -0.39 is 23.6 Å². The van der Waals surface area contributed by atoms with Crippen LogP contribution in [0.3, 0.4) is 0 Å². The predicted molar refractivity (Wildman–Crippen MR) is 89.4 cm³/mol. The topological polar surface area (TPSA) is 92.3 Å². The molecule has 3 aromatic rings. The fraction of sp³-hybridized carbons (Fsp3) is 0.0556. The molecule has 0 saturated heterocycles. The third-order valence-corrected chi connectivity index (χ3v) is 3.57. The summed E-state index contributed by atoms with van der Waals surface area (Å²) in [6.45, 7) is 0. The van der Waals surface area contributed by atoms with Crippen LogP contribution < -0.4 is 10.3 Å². The Labute approximate surface area is 149 Å². The van der Waals surface area contributed by atoms with Crippen LogP contribution in [0.15, 0.2) is 59.5 Å². The van der Waals surface area contributed by atoms with E-state index in [1.165, 1.54) is 42.5 Å². The van der Waals surface area contributed by atoms with Gasteiger partial charge in [0, 0.05) is 17.3 Å².